The van der Waals surface area contributed by atoms with Gasteiger partial charge in [-0.15, -0.1) is 0 Å². The fraction of sp³-hybridized carbons (Fsp3) is 0.333. The third-order valence-corrected chi connectivity index (χ3v) is 7.27. The van der Waals surface area contributed by atoms with Crippen LogP contribution in [0.25, 0.3) is 28.2 Å². The maximum absolute atomic E-state index is 13.1. The Hall–Kier alpha value is -4.35. The Kier molecular flexibility index (Phi) is 5.23. The molecular formula is C27H23F3N8O. The van der Waals surface area contributed by atoms with E-state index in [1.165, 1.54) is 9.25 Å². The number of benzene rings is 1. The highest BCUT2D eigenvalue weighted by Crippen LogP contribution is 2.48. The second-order valence-electron chi connectivity index (χ2n) is 10.3. The molecule has 0 unspecified atom stereocenters. The van der Waals surface area contributed by atoms with Gasteiger partial charge < -0.3 is 4.98 Å². The summed E-state index contributed by atoms with van der Waals surface area (Å²) < 4.78 is 42.0. The van der Waals surface area contributed by atoms with Crippen molar-refractivity contribution in [3.63, 3.8) is 0 Å². The molecule has 2 aliphatic rings. The smallest absolute Gasteiger partial charge is 0.303 e. The maximum atomic E-state index is 13.1. The van der Waals surface area contributed by atoms with Crippen LogP contribution in [0.1, 0.15) is 65.9 Å². The van der Waals surface area contributed by atoms with Gasteiger partial charge in [-0.05, 0) is 56.4 Å². The number of rotatable bonds is 6. The van der Waals surface area contributed by atoms with Gasteiger partial charge in [-0.2, -0.15) is 18.3 Å². The van der Waals surface area contributed by atoms with E-state index in [0.717, 1.165) is 54.3 Å². The largest absolute Gasteiger partial charge is 0.435 e. The van der Waals surface area contributed by atoms with Crippen LogP contribution in [0.4, 0.5) is 13.2 Å². The fourth-order valence-electron chi connectivity index (χ4n) is 4.99. The Bertz CT molecular complexity index is 1750. The molecule has 2 aliphatic carbocycles. The predicted molar refractivity (Wildman–Crippen MR) is 136 cm³/mol. The number of imidazole rings is 1. The van der Waals surface area contributed by atoms with E-state index in [1.807, 2.05) is 0 Å². The quantitative estimate of drug-likeness (QED) is 0.334. The molecule has 39 heavy (non-hydrogen) atoms. The first-order valence-corrected chi connectivity index (χ1v) is 12.8. The second kappa shape index (κ2) is 8.58. The van der Waals surface area contributed by atoms with E-state index in [1.54, 1.807) is 43.7 Å². The van der Waals surface area contributed by atoms with Gasteiger partial charge >= 0.3 is 11.9 Å². The molecule has 9 nitrogen and oxygen atoms in total. The fourth-order valence-corrected chi connectivity index (χ4v) is 4.99. The minimum Gasteiger partial charge on any atom is -0.303 e. The van der Waals surface area contributed by atoms with Crippen LogP contribution in [-0.4, -0.2) is 39.3 Å². The molecule has 0 aliphatic heterocycles. The molecule has 0 amide bonds. The van der Waals surface area contributed by atoms with Crippen molar-refractivity contribution in [1.82, 2.24) is 39.3 Å². The molecule has 0 spiro atoms. The lowest BCUT2D eigenvalue weighted by molar-refractivity contribution is -0.141. The zero-order chi connectivity index (χ0) is 26.9. The Morgan fingerprint density at radius 1 is 1.00 bits per heavy atom. The van der Waals surface area contributed by atoms with Crippen LogP contribution < -0.4 is 5.69 Å². The lowest BCUT2D eigenvalue weighted by Gasteiger charge is -2.12. The van der Waals surface area contributed by atoms with E-state index in [9.17, 15) is 18.0 Å². The summed E-state index contributed by atoms with van der Waals surface area (Å²) in [6.45, 7) is 1.79. The summed E-state index contributed by atoms with van der Waals surface area (Å²) in [5.41, 5.74) is 4.22. The van der Waals surface area contributed by atoms with E-state index in [-0.39, 0.29) is 12.2 Å². The lowest BCUT2D eigenvalue weighted by Crippen LogP contribution is -2.18. The van der Waals surface area contributed by atoms with Crippen molar-refractivity contribution >= 4 is 11.2 Å². The van der Waals surface area contributed by atoms with Crippen LogP contribution in [0, 0.1) is 6.92 Å². The molecule has 5 aromatic rings. The summed E-state index contributed by atoms with van der Waals surface area (Å²) in [5.74, 6) is 1.29. The molecule has 198 valence electrons. The number of nitrogens with one attached hydrogen (secondary N) is 1. The van der Waals surface area contributed by atoms with Crippen LogP contribution in [0.15, 0.2) is 47.7 Å². The number of hydrogen-bond acceptors (Lipinski definition) is 6. The van der Waals surface area contributed by atoms with Crippen molar-refractivity contribution in [3.8, 4) is 17.1 Å². The van der Waals surface area contributed by atoms with Crippen molar-refractivity contribution in [1.29, 1.82) is 0 Å². The average molecular weight is 533 g/mol. The molecule has 0 radical (unpaired) electrons. The van der Waals surface area contributed by atoms with Crippen molar-refractivity contribution in [2.75, 3.05) is 0 Å². The molecule has 7 rings (SSSR count). The summed E-state index contributed by atoms with van der Waals surface area (Å²) >= 11 is 0. The van der Waals surface area contributed by atoms with E-state index in [2.05, 4.69) is 25.0 Å². The number of aryl methyl sites for hydroxylation is 1. The van der Waals surface area contributed by atoms with Gasteiger partial charge in [0.25, 0.3) is 0 Å². The van der Waals surface area contributed by atoms with Crippen molar-refractivity contribution < 1.29 is 13.2 Å². The van der Waals surface area contributed by atoms with Crippen LogP contribution in [-0.2, 0) is 12.7 Å². The first kappa shape index (κ1) is 23.7. The van der Waals surface area contributed by atoms with Gasteiger partial charge in [-0.25, -0.2) is 29.4 Å². The summed E-state index contributed by atoms with van der Waals surface area (Å²) in [4.78, 5) is 34.3. The monoisotopic (exact) mass is 532 g/mol. The van der Waals surface area contributed by atoms with Gasteiger partial charge in [0.15, 0.2) is 17.2 Å². The predicted octanol–water partition coefficient (Wildman–Crippen LogP) is 4.89. The number of halogens is 3. The molecule has 0 atom stereocenters. The van der Waals surface area contributed by atoms with Crippen molar-refractivity contribution in [3.05, 3.63) is 81.7 Å². The number of H-pyrrole nitrogens is 1. The highest BCUT2D eigenvalue weighted by Gasteiger charge is 2.36. The summed E-state index contributed by atoms with van der Waals surface area (Å²) in [6, 6.07) is 7.90. The number of hydrogen-bond donors (Lipinski definition) is 1. The van der Waals surface area contributed by atoms with Gasteiger partial charge in [-0.3, -0.25) is 4.57 Å². The third kappa shape index (κ3) is 4.29. The first-order valence-electron chi connectivity index (χ1n) is 12.8. The Labute approximate surface area is 219 Å². The van der Waals surface area contributed by atoms with Crippen LogP contribution in [0.3, 0.4) is 0 Å². The van der Waals surface area contributed by atoms with Crippen LogP contribution in [0.2, 0.25) is 0 Å². The summed E-state index contributed by atoms with van der Waals surface area (Å²) in [5, 5.41) is 3.70. The molecule has 1 N–H and O–H groups in total. The molecule has 12 heteroatoms. The number of alkyl halides is 3. The molecule has 4 aromatic heterocycles. The lowest BCUT2D eigenvalue weighted by atomic mass is 10.0. The number of aromatic nitrogens is 8. The van der Waals surface area contributed by atoms with E-state index in [0.29, 0.717) is 40.2 Å². The Balaban J connectivity index is 1.24. The topological polar surface area (TPSA) is 107 Å². The van der Waals surface area contributed by atoms with Gasteiger partial charge in [0.05, 0.1) is 35.4 Å². The minimum atomic E-state index is -4.52. The van der Waals surface area contributed by atoms with Crippen LogP contribution in [0.5, 0.6) is 0 Å². The van der Waals surface area contributed by atoms with Gasteiger partial charge in [0.2, 0.25) is 0 Å². The van der Waals surface area contributed by atoms with Gasteiger partial charge in [0.1, 0.15) is 11.8 Å². The zero-order valence-corrected chi connectivity index (χ0v) is 20.9. The van der Waals surface area contributed by atoms with E-state index >= 15 is 0 Å². The minimum absolute atomic E-state index is 0.220. The van der Waals surface area contributed by atoms with Crippen molar-refractivity contribution in [2.24, 2.45) is 0 Å². The Morgan fingerprint density at radius 2 is 1.67 bits per heavy atom. The van der Waals surface area contributed by atoms with Crippen LogP contribution >= 0.6 is 0 Å². The highest BCUT2D eigenvalue weighted by atomic mass is 19.4. The normalized spacial score (nSPS) is 15.8. The molecule has 1 aromatic carbocycles. The van der Waals surface area contributed by atoms with Gasteiger partial charge in [-0.1, -0.05) is 12.1 Å². The number of fused-ring (bicyclic) bond motifs is 1. The molecule has 2 saturated carbocycles. The first-order chi connectivity index (χ1) is 18.8. The third-order valence-electron chi connectivity index (χ3n) is 7.27. The number of aromatic amines is 1. The van der Waals surface area contributed by atoms with Gasteiger partial charge in [0, 0.05) is 17.5 Å². The SMILES string of the molecule is Cc1cc(C(F)(F)F)nn1-c1ccc(Cn2c(=O)[nH]c3cnc(-c4c(C5CC5)ncnc4C4CC4)nc32)cc1. The molecule has 0 bridgehead atoms. The van der Waals surface area contributed by atoms with E-state index < -0.39 is 11.9 Å². The summed E-state index contributed by atoms with van der Waals surface area (Å²) in [7, 11) is 0. The Morgan fingerprint density at radius 3 is 2.26 bits per heavy atom. The second-order valence-corrected chi connectivity index (χ2v) is 10.3. The van der Waals surface area contributed by atoms with E-state index in [4.69, 9.17) is 4.98 Å². The molecule has 0 saturated heterocycles. The highest BCUT2D eigenvalue weighted by molar-refractivity contribution is 5.74. The van der Waals surface area contributed by atoms with Crippen molar-refractivity contribution in [2.45, 2.75) is 57.2 Å². The standard InChI is InChI=1S/C27H23F3N8O/c1-14-10-20(27(28,29)30)36-38(14)18-8-2-15(3-9-18)12-37-25-19(34-26(37)39)11-31-24(35-25)21-22(16-4-5-16)32-13-33-23(21)17-6-7-17/h2-3,8-11,13,16-17H,4-7,12H2,1H3,(H,34,39). The zero-order valence-electron chi connectivity index (χ0n) is 20.9. The summed E-state index contributed by atoms with van der Waals surface area (Å²) in [6.07, 6.45) is 3.06. The number of nitrogens with zero attached hydrogens (tertiary/aromatic N) is 7. The molecule has 4 heterocycles. The average Bonchev–Trinajstić information content (AvgIpc) is 3.84. The molecular weight excluding hydrogens is 509 g/mol. The maximum Gasteiger partial charge on any atom is 0.435 e. The molecule has 2 fully saturated rings.